The molecule has 6 nitrogen and oxygen atoms in total. The van der Waals surface area contributed by atoms with E-state index in [1.165, 1.54) is 13.0 Å². The lowest BCUT2D eigenvalue weighted by atomic mass is 10.4. The van der Waals surface area contributed by atoms with Gasteiger partial charge in [0.15, 0.2) is 6.10 Å². The van der Waals surface area contributed by atoms with Crippen LogP contribution in [-0.2, 0) is 9.53 Å². The van der Waals surface area contributed by atoms with Crippen LogP contribution in [0.4, 0.5) is 5.69 Å². The minimum Gasteiger partial charge on any atom is -0.479 e. The Kier molecular flexibility index (Phi) is 2.79. The van der Waals surface area contributed by atoms with Crippen LogP contribution in [0.1, 0.15) is 36.3 Å². The van der Waals surface area contributed by atoms with Gasteiger partial charge in [-0.2, -0.15) is 0 Å². The van der Waals surface area contributed by atoms with Crippen LogP contribution in [0.3, 0.4) is 0 Å². The Hall–Kier alpha value is -1.98. The lowest BCUT2D eigenvalue weighted by Crippen LogP contribution is -2.24. The number of ether oxygens (including phenoxy) is 1. The fourth-order valence-corrected chi connectivity index (χ4v) is 1.59. The van der Waals surface area contributed by atoms with E-state index in [0.29, 0.717) is 11.4 Å². The fraction of sp³-hybridized carbons (Fsp3) is 0.455. The highest BCUT2D eigenvalue weighted by atomic mass is 16.6. The highest BCUT2D eigenvalue weighted by Crippen LogP contribution is 2.37. The minimum atomic E-state index is -1.17. The average Bonchev–Trinajstić information content (AvgIpc) is 3.01. The zero-order valence-electron chi connectivity index (χ0n) is 9.42. The second-order valence-corrected chi connectivity index (χ2v) is 4.18. The van der Waals surface area contributed by atoms with Crippen molar-refractivity contribution in [1.29, 1.82) is 0 Å². The van der Waals surface area contributed by atoms with E-state index in [-0.39, 0.29) is 6.04 Å². The van der Waals surface area contributed by atoms with Gasteiger partial charge >= 0.3 is 11.9 Å². The number of carboxylic acid groups (broad SMARTS) is 1. The molecule has 0 aliphatic heterocycles. The topological polar surface area (TPSA) is 94.5 Å². The Labute approximate surface area is 98.0 Å². The standard InChI is InChI=1S/C11H14N2O4/c1-6(10(14)15)17-11(16)9-4-7(12)5-13(9)8-2-3-8/h4-6,8H,2-3,12H2,1H3,(H,14,15). The van der Waals surface area contributed by atoms with Gasteiger partial charge in [-0.25, -0.2) is 9.59 Å². The van der Waals surface area contributed by atoms with Crippen LogP contribution in [-0.4, -0.2) is 27.7 Å². The van der Waals surface area contributed by atoms with Crippen LogP contribution in [0.15, 0.2) is 12.3 Å². The Morgan fingerprint density at radius 2 is 2.24 bits per heavy atom. The molecule has 0 radical (unpaired) electrons. The normalized spacial score (nSPS) is 16.5. The van der Waals surface area contributed by atoms with Gasteiger partial charge in [0, 0.05) is 12.2 Å². The minimum absolute atomic E-state index is 0.287. The van der Waals surface area contributed by atoms with E-state index in [2.05, 4.69) is 0 Å². The summed E-state index contributed by atoms with van der Waals surface area (Å²) >= 11 is 0. The van der Waals surface area contributed by atoms with Crippen LogP contribution < -0.4 is 5.73 Å². The fourth-order valence-electron chi connectivity index (χ4n) is 1.59. The van der Waals surface area contributed by atoms with E-state index < -0.39 is 18.0 Å². The maximum atomic E-state index is 11.8. The second kappa shape index (κ2) is 4.12. The Morgan fingerprint density at radius 3 is 2.76 bits per heavy atom. The molecule has 2 rings (SSSR count). The predicted molar refractivity (Wildman–Crippen MR) is 59.6 cm³/mol. The van der Waals surface area contributed by atoms with E-state index in [1.807, 2.05) is 0 Å². The number of hydrogen-bond donors (Lipinski definition) is 2. The summed E-state index contributed by atoms with van der Waals surface area (Å²) in [5.74, 6) is -1.82. The number of carbonyl (C=O) groups excluding carboxylic acids is 1. The quantitative estimate of drug-likeness (QED) is 0.764. The molecule has 92 valence electrons. The Balaban J connectivity index is 2.15. The number of anilines is 1. The highest BCUT2D eigenvalue weighted by molar-refractivity contribution is 5.91. The first-order valence-corrected chi connectivity index (χ1v) is 5.40. The van der Waals surface area contributed by atoms with Gasteiger partial charge in [-0.1, -0.05) is 0 Å². The van der Waals surface area contributed by atoms with E-state index in [9.17, 15) is 9.59 Å². The number of carbonyl (C=O) groups is 2. The number of rotatable bonds is 4. The molecule has 1 fully saturated rings. The van der Waals surface area contributed by atoms with Crippen molar-refractivity contribution in [3.8, 4) is 0 Å². The van der Waals surface area contributed by atoms with Crippen molar-refractivity contribution in [2.75, 3.05) is 5.73 Å². The van der Waals surface area contributed by atoms with Gasteiger partial charge < -0.3 is 20.1 Å². The number of hydrogen-bond acceptors (Lipinski definition) is 4. The molecular weight excluding hydrogens is 224 g/mol. The Morgan fingerprint density at radius 1 is 1.59 bits per heavy atom. The van der Waals surface area contributed by atoms with Gasteiger partial charge in [-0.3, -0.25) is 0 Å². The SMILES string of the molecule is CC(OC(=O)c1cc(N)cn1C1CC1)C(=O)O. The summed E-state index contributed by atoms with van der Waals surface area (Å²) in [6.07, 6.45) is 2.53. The molecule has 1 unspecified atom stereocenters. The van der Waals surface area contributed by atoms with Crippen molar-refractivity contribution in [2.45, 2.75) is 31.9 Å². The molecule has 1 aromatic rings. The summed E-state index contributed by atoms with van der Waals surface area (Å²) < 4.78 is 6.57. The first-order valence-electron chi connectivity index (χ1n) is 5.40. The molecule has 0 spiro atoms. The van der Waals surface area contributed by atoms with Gasteiger partial charge in [-0.05, 0) is 25.8 Å². The van der Waals surface area contributed by atoms with E-state index in [1.54, 1.807) is 10.8 Å². The third-order valence-corrected chi connectivity index (χ3v) is 2.65. The largest absolute Gasteiger partial charge is 0.479 e. The molecule has 1 saturated carbocycles. The molecule has 0 aromatic carbocycles. The maximum Gasteiger partial charge on any atom is 0.355 e. The van der Waals surface area contributed by atoms with Gasteiger partial charge in [0.2, 0.25) is 0 Å². The van der Waals surface area contributed by atoms with E-state index in [4.69, 9.17) is 15.6 Å². The monoisotopic (exact) mass is 238 g/mol. The van der Waals surface area contributed by atoms with Crippen molar-refractivity contribution in [1.82, 2.24) is 4.57 Å². The van der Waals surface area contributed by atoms with Crippen LogP contribution >= 0.6 is 0 Å². The molecule has 1 aromatic heterocycles. The maximum absolute atomic E-state index is 11.8. The number of nitrogen functional groups attached to an aromatic ring is 1. The number of nitrogens with zero attached hydrogens (tertiary/aromatic N) is 1. The smallest absolute Gasteiger partial charge is 0.355 e. The first-order chi connectivity index (χ1) is 7.99. The van der Waals surface area contributed by atoms with E-state index >= 15 is 0 Å². The summed E-state index contributed by atoms with van der Waals surface area (Å²) in [5, 5.41) is 8.67. The zero-order chi connectivity index (χ0) is 12.6. The summed E-state index contributed by atoms with van der Waals surface area (Å²) in [4.78, 5) is 22.4. The molecule has 3 N–H and O–H groups in total. The van der Waals surface area contributed by atoms with Crippen molar-refractivity contribution in [3.63, 3.8) is 0 Å². The average molecular weight is 238 g/mol. The zero-order valence-corrected chi connectivity index (χ0v) is 9.42. The molecule has 17 heavy (non-hydrogen) atoms. The third kappa shape index (κ3) is 2.41. The Bertz CT molecular complexity index is 462. The first kappa shape index (κ1) is 11.5. The number of aliphatic carboxylic acids is 1. The molecule has 6 heteroatoms. The molecular formula is C11H14N2O4. The van der Waals surface area contributed by atoms with Crippen molar-refractivity contribution < 1.29 is 19.4 Å². The molecule has 0 bridgehead atoms. The molecule has 1 aliphatic rings. The van der Waals surface area contributed by atoms with Gasteiger partial charge in [0.05, 0.1) is 5.69 Å². The molecule has 1 aliphatic carbocycles. The van der Waals surface area contributed by atoms with Crippen molar-refractivity contribution >= 4 is 17.6 Å². The molecule has 0 saturated heterocycles. The lowest BCUT2D eigenvalue weighted by molar-refractivity contribution is -0.146. The lowest BCUT2D eigenvalue weighted by Gasteiger charge is -2.10. The summed E-state index contributed by atoms with van der Waals surface area (Å²) in [6, 6.07) is 1.80. The second-order valence-electron chi connectivity index (χ2n) is 4.18. The van der Waals surface area contributed by atoms with Crippen LogP contribution in [0.2, 0.25) is 0 Å². The van der Waals surface area contributed by atoms with Crippen molar-refractivity contribution in [2.24, 2.45) is 0 Å². The number of esters is 1. The molecule has 0 amide bonds. The van der Waals surface area contributed by atoms with Crippen LogP contribution in [0, 0.1) is 0 Å². The summed E-state index contributed by atoms with van der Waals surface area (Å²) in [6.45, 7) is 1.31. The predicted octanol–water partition coefficient (Wildman–Crippen LogP) is 1.04. The summed E-state index contributed by atoms with van der Waals surface area (Å²) in [5.41, 5.74) is 6.42. The molecule has 1 atom stereocenters. The van der Waals surface area contributed by atoms with Crippen LogP contribution in [0.25, 0.3) is 0 Å². The van der Waals surface area contributed by atoms with E-state index in [0.717, 1.165) is 12.8 Å². The third-order valence-electron chi connectivity index (χ3n) is 2.65. The molecule has 1 heterocycles. The number of aromatic nitrogens is 1. The van der Waals surface area contributed by atoms with Gasteiger partial charge in [0.1, 0.15) is 5.69 Å². The number of carboxylic acids is 1. The number of nitrogens with two attached hydrogens (primary N) is 1. The summed E-state index contributed by atoms with van der Waals surface area (Å²) in [7, 11) is 0. The van der Waals surface area contributed by atoms with Crippen LogP contribution in [0.5, 0.6) is 0 Å². The van der Waals surface area contributed by atoms with Crippen molar-refractivity contribution in [3.05, 3.63) is 18.0 Å². The van der Waals surface area contributed by atoms with Gasteiger partial charge in [0.25, 0.3) is 0 Å². The van der Waals surface area contributed by atoms with Gasteiger partial charge in [-0.15, -0.1) is 0 Å². The highest BCUT2D eigenvalue weighted by Gasteiger charge is 2.29.